The van der Waals surface area contributed by atoms with Crippen LogP contribution in [0.4, 0.5) is 0 Å². The third-order valence-corrected chi connectivity index (χ3v) is 3.35. The van der Waals surface area contributed by atoms with Gasteiger partial charge in [0.2, 0.25) is 0 Å². The second-order valence-corrected chi connectivity index (χ2v) is 5.21. The molecule has 0 aliphatic rings. The number of hydrogen-bond acceptors (Lipinski definition) is 2. The molecule has 0 aliphatic heterocycles. The lowest BCUT2D eigenvalue weighted by atomic mass is 10.1. The highest BCUT2D eigenvalue weighted by atomic mass is 16.2. The molecule has 0 spiro atoms. The molecule has 0 aliphatic carbocycles. The van der Waals surface area contributed by atoms with E-state index in [4.69, 9.17) is 5.11 Å². The van der Waals surface area contributed by atoms with Crippen molar-refractivity contribution in [3.8, 4) is 0 Å². The number of carbonyl (C=O) groups is 1. The van der Waals surface area contributed by atoms with Crippen LogP contribution in [0.15, 0.2) is 60.7 Å². The van der Waals surface area contributed by atoms with Gasteiger partial charge in [-0.1, -0.05) is 60.7 Å². The van der Waals surface area contributed by atoms with Crippen LogP contribution in [-0.4, -0.2) is 18.0 Å². The van der Waals surface area contributed by atoms with Gasteiger partial charge in [-0.3, -0.25) is 0 Å². The van der Waals surface area contributed by atoms with Gasteiger partial charge in [0.1, 0.15) is 6.29 Å². The Morgan fingerprint density at radius 3 is 1.68 bits per heavy atom. The molecule has 2 rings (SSSR count). The van der Waals surface area contributed by atoms with Gasteiger partial charge in [0.15, 0.2) is 0 Å². The Morgan fingerprint density at radius 2 is 1.23 bits per heavy atom. The molecule has 0 saturated carbocycles. The molecule has 2 aromatic rings. The quantitative estimate of drug-likeness (QED) is 0.585. The molecule has 0 bridgehead atoms. The largest absolute Gasteiger partial charge is 0.396 e. The molecule has 0 amide bonds. The lowest BCUT2D eigenvalue weighted by molar-refractivity contribution is -0.107. The maximum absolute atomic E-state index is 10.00. The molecular formula is C20H26O2. The summed E-state index contributed by atoms with van der Waals surface area (Å²) in [4.78, 5) is 10.00. The molecule has 0 radical (unpaired) electrons. The van der Waals surface area contributed by atoms with Gasteiger partial charge >= 0.3 is 0 Å². The number of hydrogen-bond donors (Lipinski definition) is 1. The van der Waals surface area contributed by atoms with Crippen LogP contribution < -0.4 is 0 Å². The highest BCUT2D eigenvalue weighted by Crippen LogP contribution is 2.03. The first-order chi connectivity index (χ1) is 10.9. The summed E-state index contributed by atoms with van der Waals surface area (Å²) in [5, 5.41) is 8.54. The van der Waals surface area contributed by atoms with Gasteiger partial charge < -0.3 is 9.90 Å². The minimum Gasteiger partial charge on any atom is -0.396 e. The Bertz CT molecular complexity index is 480. The van der Waals surface area contributed by atoms with Crippen molar-refractivity contribution in [1.82, 2.24) is 0 Å². The first-order valence-corrected chi connectivity index (χ1v) is 7.99. The van der Waals surface area contributed by atoms with E-state index < -0.39 is 0 Å². The summed E-state index contributed by atoms with van der Waals surface area (Å²) in [6, 6.07) is 20.6. The molecule has 0 fully saturated rings. The van der Waals surface area contributed by atoms with Crippen molar-refractivity contribution in [1.29, 1.82) is 0 Å². The molecular weight excluding hydrogens is 272 g/mol. The average Bonchev–Trinajstić information content (AvgIpc) is 2.58. The minimum atomic E-state index is 0.312. The molecule has 118 valence electrons. The Kier molecular flexibility index (Phi) is 10.5. The van der Waals surface area contributed by atoms with Gasteiger partial charge in [0.05, 0.1) is 0 Å². The van der Waals surface area contributed by atoms with Crippen molar-refractivity contribution < 1.29 is 9.90 Å². The van der Waals surface area contributed by atoms with Crippen molar-refractivity contribution in [3.63, 3.8) is 0 Å². The van der Waals surface area contributed by atoms with E-state index in [9.17, 15) is 4.79 Å². The minimum absolute atomic E-state index is 0.312. The molecule has 2 nitrogen and oxygen atoms in total. The van der Waals surface area contributed by atoms with E-state index in [0.29, 0.717) is 13.0 Å². The smallest absolute Gasteiger partial charge is 0.120 e. The number of unbranched alkanes of at least 4 members (excludes halogenated alkanes) is 2. The number of benzene rings is 2. The summed E-state index contributed by atoms with van der Waals surface area (Å²) in [5.41, 5.74) is 2.68. The highest BCUT2D eigenvalue weighted by molar-refractivity contribution is 5.49. The molecule has 1 N–H and O–H groups in total. The topological polar surface area (TPSA) is 37.3 Å². The van der Waals surface area contributed by atoms with Crippen LogP contribution in [0.3, 0.4) is 0 Å². The Morgan fingerprint density at radius 1 is 0.727 bits per heavy atom. The molecule has 2 heteroatoms. The maximum atomic E-state index is 10.00. The second kappa shape index (κ2) is 12.8. The van der Waals surface area contributed by atoms with Crippen molar-refractivity contribution in [2.75, 3.05) is 6.61 Å². The summed E-state index contributed by atoms with van der Waals surface area (Å²) in [6.07, 6.45) is 6.71. The molecule has 22 heavy (non-hydrogen) atoms. The Balaban J connectivity index is 0.000000220. The van der Waals surface area contributed by atoms with E-state index in [-0.39, 0.29) is 0 Å². The standard InChI is InChI=1S/C10H14O.C10H12O/c2*11-9-5-4-8-10-6-2-1-3-7-10/h1-3,6-7,11H,4-5,8-9H2;1-3,6-7,9H,4-5,8H2. The van der Waals surface area contributed by atoms with E-state index in [1.807, 2.05) is 36.4 Å². The molecule has 0 aromatic heterocycles. The van der Waals surface area contributed by atoms with E-state index in [0.717, 1.165) is 38.4 Å². The SMILES string of the molecule is O=CCCCc1ccccc1.OCCCCc1ccccc1. The zero-order valence-corrected chi connectivity index (χ0v) is 13.2. The van der Waals surface area contributed by atoms with Gasteiger partial charge in [-0.15, -0.1) is 0 Å². The first kappa shape index (κ1) is 18.1. The van der Waals surface area contributed by atoms with Crippen LogP contribution >= 0.6 is 0 Å². The van der Waals surface area contributed by atoms with Gasteiger partial charge in [-0.05, 0) is 43.2 Å². The number of aryl methyl sites for hydroxylation is 2. The lowest BCUT2D eigenvalue weighted by Gasteiger charge is -1.97. The van der Waals surface area contributed by atoms with Crippen molar-refractivity contribution in [3.05, 3.63) is 71.8 Å². The first-order valence-electron chi connectivity index (χ1n) is 7.99. The number of rotatable bonds is 8. The predicted octanol–water partition coefficient (Wildman–Crippen LogP) is 4.21. The summed E-state index contributed by atoms with van der Waals surface area (Å²) >= 11 is 0. The monoisotopic (exact) mass is 298 g/mol. The van der Waals surface area contributed by atoms with Crippen LogP contribution in [0.1, 0.15) is 36.8 Å². The molecule has 0 saturated heterocycles. The van der Waals surface area contributed by atoms with E-state index in [1.54, 1.807) is 0 Å². The van der Waals surface area contributed by atoms with E-state index in [1.165, 1.54) is 11.1 Å². The zero-order chi connectivity index (χ0) is 15.9. The fraction of sp³-hybridized carbons (Fsp3) is 0.350. The molecule has 0 unspecified atom stereocenters. The fourth-order valence-corrected chi connectivity index (χ4v) is 2.12. The number of aliphatic hydroxyl groups excluding tert-OH is 1. The summed E-state index contributed by atoms with van der Waals surface area (Å²) in [5.74, 6) is 0. The number of aldehydes is 1. The van der Waals surface area contributed by atoms with Crippen LogP contribution in [0.25, 0.3) is 0 Å². The zero-order valence-electron chi connectivity index (χ0n) is 13.2. The molecule has 2 aromatic carbocycles. The van der Waals surface area contributed by atoms with Crippen molar-refractivity contribution >= 4 is 6.29 Å². The molecule has 0 atom stereocenters. The normalized spacial score (nSPS) is 9.68. The lowest BCUT2D eigenvalue weighted by Crippen LogP contribution is -1.87. The summed E-state index contributed by atoms with van der Waals surface area (Å²) in [7, 11) is 0. The third-order valence-electron chi connectivity index (χ3n) is 3.35. The Labute approximate surface area is 133 Å². The third kappa shape index (κ3) is 9.09. The number of aliphatic hydroxyl groups is 1. The fourth-order valence-electron chi connectivity index (χ4n) is 2.12. The summed E-state index contributed by atoms with van der Waals surface area (Å²) in [6.45, 7) is 0.312. The molecule has 0 heterocycles. The van der Waals surface area contributed by atoms with Crippen LogP contribution in [0.5, 0.6) is 0 Å². The number of carbonyl (C=O) groups excluding carboxylic acids is 1. The van der Waals surface area contributed by atoms with Crippen LogP contribution in [-0.2, 0) is 17.6 Å². The summed E-state index contributed by atoms with van der Waals surface area (Å²) < 4.78 is 0. The highest BCUT2D eigenvalue weighted by Gasteiger charge is 1.90. The van der Waals surface area contributed by atoms with Crippen molar-refractivity contribution in [2.45, 2.75) is 38.5 Å². The second-order valence-electron chi connectivity index (χ2n) is 5.21. The maximum Gasteiger partial charge on any atom is 0.120 e. The van der Waals surface area contributed by atoms with Crippen LogP contribution in [0.2, 0.25) is 0 Å². The van der Waals surface area contributed by atoms with Gasteiger partial charge in [0.25, 0.3) is 0 Å². The van der Waals surface area contributed by atoms with Crippen LogP contribution in [0, 0.1) is 0 Å². The predicted molar refractivity (Wildman–Crippen MR) is 91.9 cm³/mol. The van der Waals surface area contributed by atoms with Crippen molar-refractivity contribution in [2.24, 2.45) is 0 Å². The Hall–Kier alpha value is -1.93. The average molecular weight is 298 g/mol. The van der Waals surface area contributed by atoms with Gasteiger partial charge in [-0.2, -0.15) is 0 Å². The van der Waals surface area contributed by atoms with Gasteiger partial charge in [-0.25, -0.2) is 0 Å². The van der Waals surface area contributed by atoms with E-state index >= 15 is 0 Å². The van der Waals surface area contributed by atoms with Gasteiger partial charge in [0, 0.05) is 13.0 Å². The van der Waals surface area contributed by atoms with E-state index in [2.05, 4.69) is 24.3 Å².